The zero-order valence-electron chi connectivity index (χ0n) is 12.0. The van der Waals surface area contributed by atoms with E-state index >= 15 is 0 Å². The van der Waals surface area contributed by atoms with Crippen LogP contribution in [0.3, 0.4) is 0 Å². The molecule has 0 aliphatic heterocycles. The first-order valence-corrected chi connectivity index (χ1v) is 7.45. The number of anilines is 1. The van der Waals surface area contributed by atoms with E-state index in [1.165, 1.54) is 6.39 Å². The fourth-order valence-electron chi connectivity index (χ4n) is 2.52. The molecule has 5 nitrogen and oxygen atoms in total. The van der Waals surface area contributed by atoms with E-state index < -0.39 is 0 Å². The second kappa shape index (κ2) is 5.44. The lowest BCUT2D eigenvalue weighted by atomic mass is 10.1. The number of pyridine rings is 1. The van der Waals surface area contributed by atoms with Crippen LogP contribution in [0.15, 0.2) is 58.1 Å². The number of fused-ring (bicyclic) bond motifs is 2. The van der Waals surface area contributed by atoms with Crippen LogP contribution in [-0.4, -0.2) is 9.97 Å². The predicted octanol–water partition coefficient (Wildman–Crippen LogP) is 3.93. The summed E-state index contributed by atoms with van der Waals surface area (Å²) in [7, 11) is 0. The Morgan fingerprint density at radius 1 is 1.17 bits per heavy atom. The molecule has 0 aliphatic rings. The van der Waals surface area contributed by atoms with E-state index in [0.717, 1.165) is 22.1 Å². The summed E-state index contributed by atoms with van der Waals surface area (Å²) in [6.45, 7) is 0.400. The van der Waals surface area contributed by atoms with Crippen molar-refractivity contribution >= 4 is 39.3 Å². The van der Waals surface area contributed by atoms with Crippen LogP contribution < -0.4 is 10.9 Å². The predicted molar refractivity (Wildman–Crippen MR) is 90.9 cm³/mol. The third-order valence-electron chi connectivity index (χ3n) is 3.70. The minimum Gasteiger partial charge on any atom is -0.443 e. The van der Waals surface area contributed by atoms with E-state index in [0.29, 0.717) is 22.7 Å². The van der Waals surface area contributed by atoms with Crippen molar-refractivity contribution in [2.24, 2.45) is 0 Å². The Labute approximate surface area is 135 Å². The molecule has 0 saturated heterocycles. The normalized spacial score (nSPS) is 11.2. The maximum atomic E-state index is 12.2. The number of hydrogen-bond acceptors (Lipinski definition) is 4. The van der Waals surface area contributed by atoms with Crippen LogP contribution in [0.25, 0.3) is 22.0 Å². The third-order valence-corrected chi connectivity index (χ3v) is 3.93. The van der Waals surface area contributed by atoms with Gasteiger partial charge in [0.2, 0.25) is 0 Å². The van der Waals surface area contributed by atoms with Crippen molar-refractivity contribution < 1.29 is 4.42 Å². The number of hydrogen-bond donors (Lipinski definition) is 2. The molecule has 23 heavy (non-hydrogen) atoms. The van der Waals surface area contributed by atoms with Crippen molar-refractivity contribution in [1.29, 1.82) is 0 Å². The number of H-pyrrole nitrogens is 1. The van der Waals surface area contributed by atoms with Gasteiger partial charge in [-0.05, 0) is 36.4 Å². The highest BCUT2D eigenvalue weighted by Crippen LogP contribution is 2.20. The monoisotopic (exact) mass is 325 g/mol. The molecule has 0 fully saturated rings. The summed E-state index contributed by atoms with van der Waals surface area (Å²) in [6.07, 6.45) is 1.41. The molecule has 0 saturated carbocycles. The van der Waals surface area contributed by atoms with E-state index in [1.54, 1.807) is 12.1 Å². The molecule has 0 unspecified atom stereocenters. The summed E-state index contributed by atoms with van der Waals surface area (Å²) < 4.78 is 5.27. The van der Waals surface area contributed by atoms with Gasteiger partial charge in [-0.3, -0.25) is 4.79 Å². The number of halogens is 1. The second-order valence-corrected chi connectivity index (χ2v) is 5.68. The lowest BCUT2D eigenvalue weighted by Crippen LogP contribution is -2.15. The summed E-state index contributed by atoms with van der Waals surface area (Å²) in [4.78, 5) is 19.1. The SMILES string of the molecule is O=c1[nH]c2ccc(Cl)cc2cc1CNc1ccc2ncoc2c1. The van der Waals surface area contributed by atoms with E-state index in [2.05, 4.69) is 15.3 Å². The first kappa shape index (κ1) is 13.8. The molecule has 0 atom stereocenters. The topological polar surface area (TPSA) is 70.9 Å². The van der Waals surface area contributed by atoms with Crippen molar-refractivity contribution in [3.8, 4) is 0 Å². The molecule has 0 amide bonds. The highest BCUT2D eigenvalue weighted by Gasteiger charge is 2.05. The van der Waals surface area contributed by atoms with E-state index in [1.807, 2.05) is 30.3 Å². The van der Waals surface area contributed by atoms with Gasteiger partial charge in [-0.1, -0.05) is 11.6 Å². The molecule has 4 aromatic rings. The number of benzene rings is 2. The number of nitrogens with one attached hydrogen (secondary N) is 2. The number of aromatic nitrogens is 2. The summed E-state index contributed by atoms with van der Waals surface area (Å²) in [6, 6.07) is 12.9. The van der Waals surface area contributed by atoms with Crippen LogP contribution in [0, 0.1) is 0 Å². The van der Waals surface area contributed by atoms with Gasteiger partial charge in [-0.15, -0.1) is 0 Å². The van der Waals surface area contributed by atoms with Gasteiger partial charge in [0.1, 0.15) is 5.52 Å². The van der Waals surface area contributed by atoms with Crippen molar-refractivity contribution in [1.82, 2.24) is 9.97 Å². The minimum atomic E-state index is -0.118. The van der Waals surface area contributed by atoms with E-state index in [9.17, 15) is 4.79 Å². The molecule has 2 aromatic carbocycles. The smallest absolute Gasteiger partial charge is 0.253 e. The second-order valence-electron chi connectivity index (χ2n) is 5.24. The van der Waals surface area contributed by atoms with Gasteiger partial charge in [0.25, 0.3) is 5.56 Å². The van der Waals surface area contributed by atoms with Crippen LogP contribution in [0.2, 0.25) is 5.02 Å². The van der Waals surface area contributed by atoms with Gasteiger partial charge in [-0.2, -0.15) is 0 Å². The fraction of sp³-hybridized carbons (Fsp3) is 0.0588. The molecular weight excluding hydrogens is 314 g/mol. The molecule has 0 aliphatic carbocycles. The van der Waals surface area contributed by atoms with Gasteiger partial charge in [0, 0.05) is 39.8 Å². The standard InChI is InChI=1S/C17H12ClN3O2/c18-12-1-3-14-10(6-12)5-11(17(22)21-14)8-19-13-2-4-15-16(7-13)23-9-20-15/h1-7,9,19H,8H2,(H,21,22). The van der Waals surface area contributed by atoms with E-state index in [4.69, 9.17) is 16.0 Å². The van der Waals surface area contributed by atoms with Gasteiger partial charge in [0.15, 0.2) is 12.0 Å². The molecule has 2 heterocycles. The van der Waals surface area contributed by atoms with Crippen LogP contribution in [0.1, 0.15) is 5.56 Å². The maximum Gasteiger partial charge on any atom is 0.253 e. The third kappa shape index (κ3) is 2.66. The van der Waals surface area contributed by atoms with Crippen molar-refractivity contribution in [3.63, 3.8) is 0 Å². The van der Waals surface area contributed by atoms with Crippen molar-refractivity contribution in [3.05, 3.63) is 69.8 Å². The summed E-state index contributed by atoms with van der Waals surface area (Å²) in [5.41, 5.74) is 3.65. The zero-order chi connectivity index (χ0) is 15.8. The molecule has 114 valence electrons. The number of oxazole rings is 1. The lowest BCUT2D eigenvalue weighted by molar-refractivity contribution is 0.602. The van der Waals surface area contributed by atoms with Gasteiger partial charge >= 0.3 is 0 Å². The number of rotatable bonds is 3. The lowest BCUT2D eigenvalue weighted by Gasteiger charge is -2.07. The van der Waals surface area contributed by atoms with E-state index in [-0.39, 0.29) is 5.56 Å². The molecule has 6 heteroatoms. The highest BCUT2D eigenvalue weighted by molar-refractivity contribution is 6.31. The molecular formula is C17H12ClN3O2. The molecule has 2 N–H and O–H groups in total. The zero-order valence-corrected chi connectivity index (χ0v) is 12.7. The molecule has 0 bridgehead atoms. The fourth-order valence-corrected chi connectivity index (χ4v) is 2.70. The molecule has 4 rings (SSSR count). The largest absolute Gasteiger partial charge is 0.443 e. The summed E-state index contributed by atoms with van der Waals surface area (Å²) >= 11 is 6.00. The summed E-state index contributed by atoms with van der Waals surface area (Å²) in [5, 5.41) is 4.76. The maximum absolute atomic E-state index is 12.2. The average Bonchev–Trinajstić information content (AvgIpc) is 3.01. The molecule has 0 radical (unpaired) electrons. The Balaban J connectivity index is 1.63. The average molecular weight is 326 g/mol. The van der Waals surface area contributed by atoms with Crippen molar-refractivity contribution in [2.45, 2.75) is 6.54 Å². The Morgan fingerprint density at radius 2 is 2.09 bits per heavy atom. The Bertz CT molecular complexity index is 1070. The Kier molecular flexibility index (Phi) is 3.28. The summed E-state index contributed by atoms with van der Waals surface area (Å²) in [5.74, 6) is 0. The Morgan fingerprint density at radius 3 is 3.00 bits per heavy atom. The van der Waals surface area contributed by atoms with Crippen LogP contribution in [0.5, 0.6) is 0 Å². The van der Waals surface area contributed by atoms with Crippen LogP contribution >= 0.6 is 11.6 Å². The van der Waals surface area contributed by atoms with Crippen molar-refractivity contribution in [2.75, 3.05) is 5.32 Å². The van der Waals surface area contributed by atoms with Gasteiger partial charge in [0.05, 0.1) is 0 Å². The quantitative estimate of drug-likeness (QED) is 0.598. The van der Waals surface area contributed by atoms with Gasteiger partial charge < -0.3 is 14.7 Å². The highest BCUT2D eigenvalue weighted by atomic mass is 35.5. The molecule has 2 aromatic heterocycles. The van der Waals surface area contributed by atoms with Gasteiger partial charge in [-0.25, -0.2) is 4.98 Å². The molecule has 0 spiro atoms. The van der Waals surface area contributed by atoms with Crippen LogP contribution in [-0.2, 0) is 6.54 Å². The first-order chi connectivity index (χ1) is 11.2. The number of aromatic amines is 1. The van der Waals surface area contributed by atoms with Crippen LogP contribution in [0.4, 0.5) is 5.69 Å². The minimum absolute atomic E-state index is 0.118. The Hall–Kier alpha value is -2.79. The number of nitrogens with zero attached hydrogens (tertiary/aromatic N) is 1. The first-order valence-electron chi connectivity index (χ1n) is 7.08.